The van der Waals surface area contributed by atoms with Crippen molar-refractivity contribution in [3.63, 3.8) is 0 Å². The highest BCUT2D eigenvalue weighted by molar-refractivity contribution is 7.89. The normalized spacial score (nSPS) is 14.1. The molecule has 0 amide bonds. The minimum absolute atomic E-state index is 0.0406. The molecule has 0 bridgehead atoms. The van der Waals surface area contributed by atoms with Gasteiger partial charge in [0.1, 0.15) is 20.9 Å². The predicted molar refractivity (Wildman–Crippen MR) is 80.0 cm³/mol. The lowest BCUT2D eigenvalue weighted by molar-refractivity contribution is -0.156. The number of halogens is 2. The van der Waals surface area contributed by atoms with Crippen LogP contribution >= 0.6 is 34.5 Å². The molecule has 1 atom stereocenters. The van der Waals surface area contributed by atoms with E-state index in [1.54, 1.807) is 20.8 Å². The Labute approximate surface area is 132 Å². The van der Waals surface area contributed by atoms with Crippen molar-refractivity contribution in [1.82, 2.24) is 4.72 Å². The number of hydrogen-bond donors (Lipinski definition) is 1. The number of esters is 1. The first-order chi connectivity index (χ1) is 8.92. The van der Waals surface area contributed by atoms with E-state index in [1.807, 2.05) is 0 Å². The smallest absolute Gasteiger partial charge is 0.324 e. The van der Waals surface area contributed by atoms with Crippen LogP contribution in [-0.2, 0) is 19.6 Å². The van der Waals surface area contributed by atoms with Gasteiger partial charge < -0.3 is 4.74 Å². The molecule has 0 aromatic carbocycles. The molecule has 1 rings (SSSR count). The molecule has 5 nitrogen and oxygen atoms in total. The summed E-state index contributed by atoms with van der Waals surface area (Å²) < 4.78 is 31.8. The Bertz CT molecular complexity index is 604. The summed E-state index contributed by atoms with van der Waals surface area (Å²) in [5.74, 6) is -0.668. The van der Waals surface area contributed by atoms with Gasteiger partial charge >= 0.3 is 5.97 Å². The first-order valence-electron chi connectivity index (χ1n) is 5.62. The molecule has 0 unspecified atom stereocenters. The summed E-state index contributed by atoms with van der Waals surface area (Å²) in [6, 6.07) is 0.201. The summed E-state index contributed by atoms with van der Waals surface area (Å²) in [5, 5.41) is 0. The number of sulfonamides is 1. The monoisotopic (exact) mass is 359 g/mol. The molecular weight excluding hydrogens is 345 g/mol. The minimum Gasteiger partial charge on any atom is -0.459 e. The summed E-state index contributed by atoms with van der Waals surface area (Å²) in [4.78, 5) is 11.6. The van der Waals surface area contributed by atoms with Crippen LogP contribution in [0.25, 0.3) is 0 Å². The third kappa shape index (κ3) is 4.89. The van der Waals surface area contributed by atoms with Crippen LogP contribution in [0.15, 0.2) is 11.0 Å². The van der Waals surface area contributed by atoms with E-state index >= 15 is 0 Å². The topological polar surface area (TPSA) is 72.5 Å². The molecule has 0 aliphatic carbocycles. The Balaban J connectivity index is 2.87. The van der Waals surface area contributed by atoms with E-state index in [-0.39, 0.29) is 13.6 Å². The molecule has 114 valence electrons. The van der Waals surface area contributed by atoms with Crippen molar-refractivity contribution in [2.24, 2.45) is 0 Å². The molecule has 1 aromatic heterocycles. The van der Waals surface area contributed by atoms with Crippen LogP contribution in [0.3, 0.4) is 0 Å². The van der Waals surface area contributed by atoms with Crippen LogP contribution in [0, 0.1) is 0 Å². The number of hydrogen-bond acceptors (Lipinski definition) is 5. The van der Waals surface area contributed by atoms with Crippen LogP contribution in [-0.4, -0.2) is 26.0 Å². The molecule has 0 aliphatic heterocycles. The van der Waals surface area contributed by atoms with E-state index in [0.717, 1.165) is 11.3 Å². The Hall–Kier alpha value is -0.340. The van der Waals surface area contributed by atoms with E-state index in [4.69, 9.17) is 27.9 Å². The van der Waals surface area contributed by atoms with Gasteiger partial charge in [0.25, 0.3) is 0 Å². The third-order valence-electron chi connectivity index (χ3n) is 2.01. The maximum absolute atomic E-state index is 12.1. The van der Waals surface area contributed by atoms with Crippen molar-refractivity contribution in [2.75, 3.05) is 0 Å². The standard InChI is InChI=1S/C11H15Cl2NO4S2/c1-6(10(15)18-11(2,3)4)14-20(16,17)7-5-8(12)19-9(7)13/h5-6,14H,1-4H3/t6-/m0/s1. The fourth-order valence-corrected chi connectivity index (χ4v) is 4.58. The Morgan fingerprint density at radius 2 is 1.95 bits per heavy atom. The lowest BCUT2D eigenvalue weighted by Gasteiger charge is -2.22. The molecule has 1 N–H and O–H groups in total. The summed E-state index contributed by atoms with van der Waals surface area (Å²) in [6.45, 7) is 6.48. The third-order valence-corrected chi connectivity index (χ3v) is 5.30. The Morgan fingerprint density at radius 1 is 1.40 bits per heavy atom. The number of thiophene rings is 1. The minimum atomic E-state index is -3.93. The van der Waals surface area contributed by atoms with Crippen LogP contribution in [0.2, 0.25) is 8.67 Å². The van der Waals surface area contributed by atoms with Gasteiger partial charge in [-0.15, -0.1) is 11.3 Å². The van der Waals surface area contributed by atoms with Crippen molar-refractivity contribution < 1.29 is 17.9 Å². The van der Waals surface area contributed by atoms with Crippen molar-refractivity contribution in [1.29, 1.82) is 0 Å². The predicted octanol–water partition coefficient (Wildman–Crippen LogP) is 3.06. The van der Waals surface area contributed by atoms with E-state index in [2.05, 4.69) is 4.72 Å². The number of carbonyl (C=O) groups excluding carboxylic acids is 1. The van der Waals surface area contributed by atoms with Crippen LogP contribution < -0.4 is 4.72 Å². The molecule has 1 heterocycles. The van der Waals surface area contributed by atoms with E-state index in [9.17, 15) is 13.2 Å². The summed E-state index contributed by atoms with van der Waals surface area (Å²) in [7, 11) is -3.93. The highest BCUT2D eigenvalue weighted by Crippen LogP contribution is 2.34. The molecule has 0 saturated carbocycles. The molecule has 0 fully saturated rings. The molecule has 1 aromatic rings. The molecule has 0 aliphatic rings. The van der Waals surface area contributed by atoms with Gasteiger partial charge in [0, 0.05) is 0 Å². The van der Waals surface area contributed by atoms with E-state index in [1.165, 1.54) is 13.0 Å². The van der Waals surface area contributed by atoms with Gasteiger partial charge in [-0.05, 0) is 33.8 Å². The Morgan fingerprint density at radius 3 is 2.35 bits per heavy atom. The molecule has 0 spiro atoms. The highest BCUT2D eigenvalue weighted by Gasteiger charge is 2.28. The average Bonchev–Trinajstić information content (AvgIpc) is 2.55. The van der Waals surface area contributed by atoms with Crippen LogP contribution in [0.4, 0.5) is 0 Å². The second-order valence-corrected chi connectivity index (χ2v) is 9.03. The number of ether oxygens (including phenoxy) is 1. The summed E-state index contributed by atoms with van der Waals surface area (Å²) in [6.07, 6.45) is 0. The quantitative estimate of drug-likeness (QED) is 0.838. The number of nitrogens with one attached hydrogen (secondary N) is 1. The second-order valence-electron chi connectivity index (χ2n) is 5.06. The SMILES string of the molecule is C[C@H](NS(=O)(=O)c1cc(Cl)sc1Cl)C(=O)OC(C)(C)C. The van der Waals surface area contributed by atoms with Crippen LogP contribution in [0.5, 0.6) is 0 Å². The Kier molecular flexibility index (Phi) is 5.48. The molecule has 20 heavy (non-hydrogen) atoms. The molecule has 9 heteroatoms. The van der Waals surface area contributed by atoms with Gasteiger partial charge in [0.2, 0.25) is 10.0 Å². The van der Waals surface area contributed by atoms with Gasteiger partial charge in [-0.1, -0.05) is 23.2 Å². The summed E-state index contributed by atoms with van der Waals surface area (Å²) in [5.41, 5.74) is -0.694. The zero-order valence-corrected chi connectivity index (χ0v) is 14.5. The fourth-order valence-electron chi connectivity index (χ4n) is 1.24. The largest absolute Gasteiger partial charge is 0.459 e. The lowest BCUT2D eigenvalue weighted by atomic mass is 10.2. The highest BCUT2D eigenvalue weighted by atomic mass is 35.5. The van der Waals surface area contributed by atoms with Crippen molar-refractivity contribution in [3.8, 4) is 0 Å². The number of carbonyl (C=O) groups is 1. The van der Waals surface area contributed by atoms with Crippen molar-refractivity contribution in [2.45, 2.75) is 44.2 Å². The van der Waals surface area contributed by atoms with E-state index in [0.29, 0.717) is 0 Å². The maximum Gasteiger partial charge on any atom is 0.324 e. The molecule has 0 saturated heterocycles. The second kappa shape index (κ2) is 6.19. The maximum atomic E-state index is 12.1. The van der Waals surface area contributed by atoms with Gasteiger partial charge in [0.15, 0.2) is 0 Å². The van der Waals surface area contributed by atoms with E-state index < -0.39 is 27.6 Å². The first kappa shape index (κ1) is 17.7. The number of rotatable bonds is 4. The van der Waals surface area contributed by atoms with Crippen LogP contribution in [0.1, 0.15) is 27.7 Å². The first-order valence-corrected chi connectivity index (χ1v) is 8.68. The zero-order chi connectivity index (χ0) is 15.7. The van der Waals surface area contributed by atoms with Gasteiger partial charge in [-0.2, -0.15) is 4.72 Å². The zero-order valence-electron chi connectivity index (χ0n) is 11.4. The van der Waals surface area contributed by atoms with Gasteiger partial charge in [-0.25, -0.2) is 8.42 Å². The average molecular weight is 360 g/mol. The molecule has 0 radical (unpaired) electrons. The summed E-state index contributed by atoms with van der Waals surface area (Å²) >= 11 is 12.4. The van der Waals surface area contributed by atoms with Crippen molar-refractivity contribution >= 4 is 50.5 Å². The lowest BCUT2D eigenvalue weighted by Crippen LogP contribution is -2.42. The fraction of sp³-hybridized carbons (Fsp3) is 0.545. The van der Waals surface area contributed by atoms with Gasteiger partial charge in [0.05, 0.1) is 4.34 Å². The van der Waals surface area contributed by atoms with Gasteiger partial charge in [-0.3, -0.25) is 4.79 Å². The molecular formula is C11H15Cl2NO4S2. The van der Waals surface area contributed by atoms with Crippen molar-refractivity contribution in [3.05, 3.63) is 14.7 Å².